The molecule has 0 saturated heterocycles. The fourth-order valence-electron chi connectivity index (χ4n) is 2.48. The highest BCUT2D eigenvalue weighted by molar-refractivity contribution is 5.99. The molecule has 0 bridgehead atoms. The first-order valence-corrected chi connectivity index (χ1v) is 8.57. The number of primary amides is 1. The number of pyridine rings is 1. The van der Waals surface area contributed by atoms with E-state index in [0.717, 1.165) is 22.5 Å². The van der Waals surface area contributed by atoms with Crippen LogP contribution >= 0.6 is 0 Å². The van der Waals surface area contributed by atoms with Crippen molar-refractivity contribution >= 4 is 23.3 Å². The van der Waals surface area contributed by atoms with Crippen LogP contribution in [-0.4, -0.2) is 28.1 Å². The van der Waals surface area contributed by atoms with Crippen LogP contribution in [0.3, 0.4) is 0 Å². The Balaban J connectivity index is 0.000000396. The molecule has 1 aromatic heterocycles. The van der Waals surface area contributed by atoms with Crippen molar-refractivity contribution in [3.63, 3.8) is 0 Å². The standard InChI is InChI=1S/C19H17N3O.C2HF3O2/c1-13-6-2-3-7-15(13)18-12-14(10-11-21-18)22-17-9-5-4-8-16(17)19(20)23;3-2(4,5)1(6)7/h2-12H,1H3,(H2,20,23)(H,21,22);(H,6,7). The summed E-state index contributed by atoms with van der Waals surface area (Å²) in [5.41, 5.74) is 10.5. The van der Waals surface area contributed by atoms with E-state index in [1.165, 1.54) is 0 Å². The molecule has 156 valence electrons. The van der Waals surface area contributed by atoms with Gasteiger partial charge in [0.1, 0.15) is 0 Å². The van der Waals surface area contributed by atoms with E-state index in [-0.39, 0.29) is 0 Å². The second-order valence-corrected chi connectivity index (χ2v) is 6.08. The number of hydrogen-bond donors (Lipinski definition) is 3. The van der Waals surface area contributed by atoms with Gasteiger partial charge in [0.2, 0.25) is 0 Å². The number of benzene rings is 2. The highest BCUT2D eigenvalue weighted by Gasteiger charge is 2.38. The van der Waals surface area contributed by atoms with E-state index in [1.54, 1.807) is 18.3 Å². The lowest BCUT2D eigenvalue weighted by Crippen LogP contribution is -2.21. The average molecular weight is 417 g/mol. The van der Waals surface area contributed by atoms with Gasteiger partial charge >= 0.3 is 12.1 Å². The number of amides is 1. The van der Waals surface area contributed by atoms with Gasteiger partial charge in [-0.25, -0.2) is 4.79 Å². The van der Waals surface area contributed by atoms with Gasteiger partial charge in [0.15, 0.2) is 0 Å². The van der Waals surface area contributed by atoms with E-state index in [1.807, 2.05) is 42.5 Å². The van der Waals surface area contributed by atoms with Crippen molar-refractivity contribution in [3.8, 4) is 11.3 Å². The van der Waals surface area contributed by atoms with Gasteiger partial charge in [0.05, 0.1) is 16.9 Å². The molecule has 0 atom stereocenters. The summed E-state index contributed by atoms with van der Waals surface area (Å²) in [4.78, 5) is 24.8. The summed E-state index contributed by atoms with van der Waals surface area (Å²) < 4.78 is 31.7. The predicted molar refractivity (Wildman–Crippen MR) is 106 cm³/mol. The number of carboxylic acids is 1. The Kier molecular flexibility index (Phi) is 7.13. The Morgan fingerprint density at radius 1 is 1.03 bits per heavy atom. The van der Waals surface area contributed by atoms with Gasteiger partial charge in [0.25, 0.3) is 5.91 Å². The van der Waals surface area contributed by atoms with Gasteiger partial charge in [-0.15, -0.1) is 0 Å². The van der Waals surface area contributed by atoms with Crippen LogP contribution in [0.1, 0.15) is 15.9 Å². The van der Waals surface area contributed by atoms with E-state index < -0.39 is 18.1 Å². The summed E-state index contributed by atoms with van der Waals surface area (Å²) >= 11 is 0. The number of carboxylic acid groups (broad SMARTS) is 1. The summed E-state index contributed by atoms with van der Waals surface area (Å²) in [6.45, 7) is 2.06. The molecule has 3 rings (SSSR count). The van der Waals surface area contributed by atoms with Crippen LogP contribution in [0.2, 0.25) is 0 Å². The zero-order valence-electron chi connectivity index (χ0n) is 15.8. The molecule has 0 radical (unpaired) electrons. The molecule has 0 unspecified atom stereocenters. The van der Waals surface area contributed by atoms with Crippen LogP contribution in [0.25, 0.3) is 11.3 Å². The maximum absolute atomic E-state index is 11.5. The molecular formula is C21H18F3N3O3. The van der Waals surface area contributed by atoms with E-state index in [2.05, 4.69) is 23.3 Å². The molecule has 9 heteroatoms. The number of carbonyl (C=O) groups is 2. The third-order valence-electron chi connectivity index (χ3n) is 3.89. The summed E-state index contributed by atoms with van der Waals surface area (Å²) in [6, 6.07) is 19.1. The van der Waals surface area contributed by atoms with Crippen LogP contribution in [0.4, 0.5) is 24.5 Å². The minimum Gasteiger partial charge on any atom is -0.475 e. The number of anilines is 2. The van der Waals surface area contributed by atoms with Crippen molar-refractivity contribution in [1.29, 1.82) is 0 Å². The Morgan fingerprint density at radius 2 is 1.63 bits per heavy atom. The maximum Gasteiger partial charge on any atom is 0.490 e. The first-order valence-electron chi connectivity index (χ1n) is 8.57. The Morgan fingerprint density at radius 3 is 2.23 bits per heavy atom. The molecule has 4 N–H and O–H groups in total. The zero-order valence-corrected chi connectivity index (χ0v) is 15.8. The van der Waals surface area contributed by atoms with Crippen molar-refractivity contribution in [2.75, 3.05) is 5.32 Å². The van der Waals surface area contributed by atoms with E-state index in [0.29, 0.717) is 11.3 Å². The maximum atomic E-state index is 11.5. The SMILES string of the molecule is Cc1ccccc1-c1cc(Nc2ccccc2C(N)=O)ccn1.O=C(O)C(F)(F)F. The number of hydrogen-bond acceptors (Lipinski definition) is 4. The number of para-hydroxylation sites is 1. The van der Waals surface area contributed by atoms with E-state index >= 15 is 0 Å². The third kappa shape index (κ3) is 6.06. The topological polar surface area (TPSA) is 105 Å². The molecule has 3 aromatic rings. The summed E-state index contributed by atoms with van der Waals surface area (Å²) in [7, 11) is 0. The first-order chi connectivity index (χ1) is 14.1. The predicted octanol–water partition coefficient (Wildman–Crippen LogP) is 4.53. The first kappa shape index (κ1) is 22.4. The minimum absolute atomic E-state index is 0.457. The molecule has 0 saturated carbocycles. The molecule has 1 heterocycles. The molecule has 0 aliphatic carbocycles. The number of nitrogens with two attached hydrogens (primary N) is 1. The number of aromatic nitrogens is 1. The van der Waals surface area contributed by atoms with Crippen molar-refractivity contribution in [2.24, 2.45) is 5.73 Å². The number of halogens is 3. The van der Waals surface area contributed by atoms with Crippen molar-refractivity contribution in [3.05, 3.63) is 78.0 Å². The van der Waals surface area contributed by atoms with Gasteiger partial charge in [-0.05, 0) is 36.8 Å². The summed E-state index contributed by atoms with van der Waals surface area (Å²) in [6.07, 6.45) is -3.34. The van der Waals surface area contributed by atoms with E-state index in [9.17, 15) is 18.0 Å². The highest BCUT2D eigenvalue weighted by Crippen LogP contribution is 2.26. The third-order valence-corrected chi connectivity index (χ3v) is 3.89. The Labute approximate surface area is 170 Å². The largest absolute Gasteiger partial charge is 0.490 e. The molecule has 0 aliphatic heterocycles. The van der Waals surface area contributed by atoms with Crippen LogP contribution in [0, 0.1) is 6.92 Å². The molecule has 1 amide bonds. The van der Waals surface area contributed by atoms with Gasteiger partial charge in [0, 0.05) is 17.4 Å². The van der Waals surface area contributed by atoms with Crippen molar-refractivity contribution < 1.29 is 27.9 Å². The summed E-state index contributed by atoms with van der Waals surface area (Å²) in [5, 5.41) is 10.4. The van der Waals surface area contributed by atoms with Crippen LogP contribution in [0.15, 0.2) is 66.9 Å². The molecule has 2 aromatic carbocycles. The molecule has 0 aliphatic rings. The lowest BCUT2D eigenvalue weighted by molar-refractivity contribution is -0.192. The van der Waals surface area contributed by atoms with Crippen LogP contribution < -0.4 is 11.1 Å². The second kappa shape index (κ2) is 9.55. The monoisotopic (exact) mass is 417 g/mol. The number of carbonyl (C=O) groups excluding carboxylic acids is 1. The Bertz CT molecular complexity index is 1050. The minimum atomic E-state index is -5.08. The number of rotatable bonds is 4. The number of aryl methyl sites for hydroxylation is 1. The molecule has 6 nitrogen and oxygen atoms in total. The van der Waals surface area contributed by atoms with Gasteiger partial charge < -0.3 is 16.2 Å². The second-order valence-electron chi connectivity index (χ2n) is 6.08. The number of nitrogens with one attached hydrogen (secondary N) is 1. The smallest absolute Gasteiger partial charge is 0.475 e. The normalized spacial score (nSPS) is 10.5. The average Bonchev–Trinajstić information content (AvgIpc) is 2.68. The number of alkyl halides is 3. The lowest BCUT2D eigenvalue weighted by atomic mass is 10.0. The number of nitrogens with zero attached hydrogens (tertiary/aromatic N) is 1. The highest BCUT2D eigenvalue weighted by atomic mass is 19.4. The van der Waals surface area contributed by atoms with E-state index in [4.69, 9.17) is 15.6 Å². The van der Waals surface area contributed by atoms with Gasteiger partial charge in [-0.3, -0.25) is 9.78 Å². The Hall–Kier alpha value is -3.88. The molecular weight excluding hydrogens is 399 g/mol. The zero-order chi connectivity index (χ0) is 22.3. The lowest BCUT2D eigenvalue weighted by Gasteiger charge is -2.11. The van der Waals surface area contributed by atoms with Gasteiger partial charge in [-0.1, -0.05) is 36.4 Å². The summed E-state index contributed by atoms with van der Waals surface area (Å²) in [5.74, 6) is -3.21. The number of aliphatic carboxylic acids is 1. The molecule has 30 heavy (non-hydrogen) atoms. The fourth-order valence-corrected chi connectivity index (χ4v) is 2.48. The fraction of sp³-hybridized carbons (Fsp3) is 0.0952. The van der Waals surface area contributed by atoms with Crippen molar-refractivity contribution in [2.45, 2.75) is 13.1 Å². The van der Waals surface area contributed by atoms with Crippen molar-refractivity contribution in [1.82, 2.24) is 4.98 Å². The molecule has 0 fully saturated rings. The van der Waals surface area contributed by atoms with Crippen LogP contribution in [0.5, 0.6) is 0 Å². The molecule has 0 spiro atoms. The quantitative estimate of drug-likeness (QED) is 0.578. The van der Waals surface area contributed by atoms with Crippen LogP contribution in [-0.2, 0) is 4.79 Å². The van der Waals surface area contributed by atoms with Gasteiger partial charge in [-0.2, -0.15) is 13.2 Å².